The molecule has 0 N–H and O–H groups in total. The molecule has 39 heavy (non-hydrogen) atoms. The van der Waals surface area contributed by atoms with Gasteiger partial charge in [-0.3, -0.25) is 14.6 Å². The molecule has 1 aliphatic heterocycles. The lowest BCUT2D eigenvalue weighted by Crippen LogP contribution is -2.38. The Morgan fingerprint density at radius 2 is 1.56 bits per heavy atom. The highest BCUT2D eigenvalue weighted by Gasteiger charge is 2.44. The van der Waals surface area contributed by atoms with E-state index in [1.807, 2.05) is 85.8 Å². The summed E-state index contributed by atoms with van der Waals surface area (Å²) in [6.45, 7) is 4.37. The van der Waals surface area contributed by atoms with Crippen LogP contribution < -0.4 is 9.47 Å². The van der Waals surface area contributed by atoms with E-state index in [4.69, 9.17) is 19.2 Å². The predicted molar refractivity (Wildman–Crippen MR) is 150 cm³/mol. The fourth-order valence-corrected chi connectivity index (χ4v) is 5.58. The van der Waals surface area contributed by atoms with Crippen LogP contribution in [0.15, 0.2) is 95.1 Å². The molecular weight excluding hydrogens is 490 g/mol. The number of allylic oxidation sites excluding steroid dienone is 2. The molecule has 0 saturated heterocycles. The Morgan fingerprint density at radius 3 is 2.23 bits per heavy atom. The number of ketones is 1. The van der Waals surface area contributed by atoms with Crippen LogP contribution in [-0.2, 0) is 20.9 Å². The second kappa shape index (κ2) is 11.7. The third kappa shape index (κ3) is 5.65. The van der Waals surface area contributed by atoms with Crippen LogP contribution in [0.4, 0.5) is 0 Å². The minimum atomic E-state index is -0.652. The molecule has 200 valence electrons. The van der Waals surface area contributed by atoms with Gasteiger partial charge in [0.1, 0.15) is 24.0 Å². The van der Waals surface area contributed by atoms with Crippen LogP contribution >= 0.6 is 0 Å². The van der Waals surface area contributed by atoms with Gasteiger partial charge >= 0.3 is 5.97 Å². The lowest BCUT2D eigenvalue weighted by atomic mass is 9.69. The van der Waals surface area contributed by atoms with Gasteiger partial charge in [0.2, 0.25) is 0 Å². The van der Waals surface area contributed by atoms with Crippen LogP contribution in [0.3, 0.4) is 0 Å². The zero-order chi connectivity index (χ0) is 27.4. The molecule has 1 heterocycles. The number of aliphatic imine (C=N–C) groups is 1. The van der Waals surface area contributed by atoms with Crippen LogP contribution in [0.25, 0.3) is 0 Å². The summed E-state index contributed by atoms with van der Waals surface area (Å²) in [6.07, 6.45) is 0.999. The first-order chi connectivity index (χ1) is 19.0. The maximum atomic E-state index is 13.7. The molecule has 3 aromatic rings. The summed E-state index contributed by atoms with van der Waals surface area (Å²) in [5, 5.41) is 0. The molecule has 0 bridgehead atoms. The molecule has 0 saturated carbocycles. The van der Waals surface area contributed by atoms with E-state index < -0.39 is 11.8 Å². The number of methoxy groups -OCH3 is 1. The summed E-state index contributed by atoms with van der Waals surface area (Å²) in [5.74, 6) is 0.0838. The van der Waals surface area contributed by atoms with Gasteiger partial charge in [-0.2, -0.15) is 0 Å². The van der Waals surface area contributed by atoms with Crippen molar-refractivity contribution in [3.05, 3.63) is 107 Å². The molecule has 3 atom stereocenters. The number of benzene rings is 3. The van der Waals surface area contributed by atoms with Crippen molar-refractivity contribution in [1.29, 1.82) is 0 Å². The maximum absolute atomic E-state index is 13.7. The minimum absolute atomic E-state index is 0.0206. The van der Waals surface area contributed by atoms with E-state index in [2.05, 4.69) is 0 Å². The molecule has 2 aliphatic rings. The van der Waals surface area contributed by atoms with E-state index in [0.717, 1.165) is 33.9 Å². The summed E-state index contributed by atoms with van der Waals surface area (Å²) in [5.41, 5.74) is 5.09. The Morgan fingerprint density at radius 1 is 0.897 bits per heavy atom. The van der Waals surface area contributed by atoms with Crippen molar-refractivity contribution in [2.45, 2.75) is 45.1 Å². The van der Waals surface area contributed by atoms with Crippen molar-refractivity contribution in [2.24, 2.45) is 10.9 Å². The van der Waals surface area contributed by atoms with Crippen molar-refractivity contribution in [2.75, 3.05) is 13.7 Å². The Hall–Kier alpha value is -4.19. The molecule has 0 radical (unpaired) electrons. The number of carbonyl (C=O) groups excluding carboxylic acids is 2. The van der Waals surface area contributed by atoms with E-state index in [1.165, 1.54) is 0 Å². The fraction of sp³-hybridized carbons (Fsp3) is 0.303. The SMILES string of the molecule is CCOC(=O)C1C(C)=NC2=C(C(=O)C[C@H](c3ccc(OC)cc3)C2)[C@H]1c1ccc(OCc2ccccc2)cc1. The van der Waals surface area contributed by atoms with Gasteiger partial charge in [-0.1, -0.05) is 54.6 Å². The predicted octanol–water partition coefficient (Wildman–Crippen LogP) is 6.41. The average molecular weight is 524 g/mol. The Bertz CT molecular complexity index is 1390. The molecule has 0 aromatic heterocycles. The molecule has 0 amide bonds. The maximum Gasteiger partial charge on any atom is 0.315 e. The van der Waals surface area contributed by atoms with Gasteiger partial charge in [-0.25, -0.2) is 0 Å². The molecule has 1 aliphatic carbocycles. The van der Waals surface area contributed by atoms with E-state index in [-0.39, 0.29) is 24.3 Å². The molecule has 5 rings (SSSR count). The van der Waals surface area contributed by atoms with Crippen molar-refractivity contribution < 1.29 is 23.8 Å². The van der Waals surface area contributed by atoms with E-state index in [9.17, 15) is 9.59 Å². The van der Waals surface area contributed by atoms with Crippen LogP contribution in [0, 0.1) is 5.92 Å². The number of nitrogens with zero attached hydrogens (tertiary/aromatic N) is 1. The van der Waals surface area contributed by atoms with E-state index in [0.29, 0.717) is 30.7 Å². The number of hydrogen-bond acceptors (Lipinski definition) is 6. The Balaban J connectivity index is 1.46. The first-order valence-electron chi connectivity index (χ1n) is 13.4. The second-order valence-electron chi connectivity index (χ2n) is 9.97. The number of carbonyl (C=O) groups is 2. The smallest absolute Gasteiger partial charge is 0.315 e. The minimum Gasteiger partial charge on any atom is -0.497 e. The van der Waals surface area contributed by atoms with Gasteiger partial charge in [-0.05, 0) is 67.1 Å². The number of ether oxygens (including phenoxy) is 3. The topological polar surface area (TPSA) is 74.2 Å². The third-order valence-corrected chi connectivity index (χ3v) is 7.50. The average Bonchev–Trinajstić information content (AvgIpc) is 2.96. The highest BCUT2D eigenvalue weighted by Crippen LogP contribution is 2.47. The first kappa shape index (κ1) is 26.4. The van der Waals surface area contributed by atoms with Crippen molar-refractivity contribution in [3.8, 4) is 11.5 Å². The summed E-state index contributed by atoms with van der Waals surface area (Å²) in [4.78, 5) is 31.8. The van der Waals surface area contributed by atoms with Gasteiger partial charge in [0.15, 0.2) is 5.78 Å². The molecule has 6 nitrogen and oxygen atoms in total. The highest BCUT2D eigenvalue weighted by molar-refractivity contribution is 6.09. The monoisotopic (exact) mass is 523 g/mol. The van der Waals surface area contributed by atoms with Gasteiger partial charge < -0.3 is 14.2 Å². The summed E-state index contributed by atoms with van der Waals surface area (Å²) >= 11 is 0. The quantitative estimate of drug-likeness (QED) is 0.319. The number of rotatable bonds is 8. The lowest BCUT2D eigenvalue weighted by Gasteiger charge is -2.36. The fourth-order valence-electron chi connectivity index (χ4n) is 5.58. The molecule has 0 spiro atoms. The molecule has 0 fully saturated rings. The van der Waals surface area contributed by atoms with Crippen molar-refractivity contribution in [1.82, 2.24) is 0 Å². The standard InChI is InChI=1S/C33H33NO5/c1-4-38-33(36)30-21(2)34-28-18-25(23-10-14-26(37-3)15-11-23)19-29(35)32(28)31(30)24-12-16-27(17-13-24)39-20-22-8-6-5-7-9-22/h5-17,25,30-31H,4,18-20H2,1-3H3/t25-,30?,31+/m1/s1. The van der Waals surface area contributed by atoms with Crippen LogP contribution in [0.2, 0.25) is 0 Å². The Labute approximate surface area is 229 Å². The second-order valence-corrected chi connectivity index (χ2v) is 9.97. The van der Waals surface area contributed by atoms with Crippen molar-refractivity contribution >= 4 is 17.5 Å². The summed E-state index contributed by atoms with van der Waals surface area (Å²) in [7, 11) is 1.64. The largest absolute Gasteiger partial charge is 0.497 e. The van der Waals surface area contributed by atoms with Crippen molar-refractivity contribution in [3.63, 3.8) is 0 Å². The molecule has 1 unspecified atom stereocenters. The summed E-state index contributed by atoms with van der Waals surface area (Å²) < 4.78 is 16.7. The molecule has 6 heteroatoms. The normalized spacial score (nSPS) is 20.6. The zero-order valence-corrected chi connectivity index (χ0v) is 22.6. The third-order valence-electron chi connectivity index (χ3n) is 7.50. The van der Waals surface area contributed by atoms with Gasteiger partial charge in [0.05, 0.1) is 13.7 Å². The number of hydrogen-bond donors (Lipinski definition) is 0. The highest BCUT2D eigenvalue weighted by atomic mass is 16.5. The summed E-state index contributed by atoms with van der Waals surface area (Å²) in [6, 6.07) is 25.5. The first-order valence-corrected chi connectivity index (χ1v) is 13.4. The van der Waals surface area contributed by atoms with Crippen LogP contribution in [0.1, 0.15) is 55.2 Å². The Kier molecular flexibility index (Phi) is 7.92. The van der Waals surface area contributed by atoms with E-state index >= 15 is 0 Å². The lowest BCUT2D eigenvalue weighted by molar-refractivity contribution is -0.146. The number of esters is 1. The number of Topliss-reactive ketones (excluding diaryl/α,β-unsaturated/α-hetero) is 1. The van der Waals surface area contributed by atoms with Crippen LogP contribution in [-0.4, -0.2) is 31.2 Å². The van der Waals surface area contributed by atoms with Gasteiger partial charge in [-0.15, -0.1) is 0 Å². The van der Waals surface area contributed by atoms with E-state index in [1.54, 1.807) is 14.0 Å². The van der Waals surface area contributed by atoms with Gasteiger partial charge in [0.25, 0.3) is 0 Å². The molecule has 3 aromatic carbocycles. The molecular formula is C33H33NO5. The zero-order valence-electron chi connectivity index (χ0n) is 22.6. The van der Waals surface area contributed by atoms with Gasteiger partial charge in [0, 0.05) is 29.3 Å². The van der Waals surface area contributed by atoms with Crippen LogP contribution in [0.5, 0.6) is 11.5 Å².